The lowest BCUT2D eigenvalue weighted by Crippen LogP contribution is -2.37. The summed E-state index contributed by atoms with van der Waals surface area (Å²) in [6.45, 7) is 1.51. The van der Waals surface area contributed by atoms with Crippen LogP contribution in [-0.4, -0.2) is 51.4 Å². The Morgan fingerprint density at radius 1 is 1.07 bits per heavy atom. The Kier molecular flexibility index (Phi) is 6.03. The summed E-state index contributed by atoms with van der Waals surface area (Å²) in [4.78, 5) is 51.1. The molecular formula is C21H22Br2N2O5. The monoisotopic (exact) mass is 540 g/mol. The number of amides is 3. The van der Waals surface area contributed by atoms with Crippen LogP contribution in [0.5, 0.6) is 0 Å². The molecule has 1 saturated heterocycles. The zero-order valence-corrected chi connectivity index (χ0v) is 19.5. The lowest BCUT2D eigenvalue weighted by atomic mass is 9.81. The minimum Gasteiger partial charge on any atom is -0.456 e. The Balaban J connectivity index is 1.25. The van der Waals surface area contributed by atoms with E-state index in [9.17, 15) is 19.2 Å². The fourth-order valence-electron chi connectivity index (χ4n) is 4.89. The second kappa shape index (κ2) is 8.42. The van der Waals surface area contributed by atoms with E-state index < -0.39 is 18.5 Å². The number of hydrogen-bond donors (Lipinski definition) is 1. The van der Waals surface area contributed by atoms with Crippen molar-refractivity contribution in [2.24, 2.45) is 23.7 Å². The molecule has 3 aliphatic rings. The number of esters is 1. The third-order valence-corrected chi connectivity index (χ3v) is 9.52. The molecule has 0 radical (unpaired) electrons. The van der Waals surface area contributed by atoms with Crippen LogP contribution < -0.4 is 5.32 Å². The van der Waals surface area contributed by atoms with E-state index in [1.165, 1.54) is 4.90 Å². The van der Waals surface area contributed by atoms with E-state index in [1.54, 1.807) is 12.1 Å². The highest BCUT2D eigenvalue weighted by atomic mass is 79.9. The van der Waals surface area contributed by atoms with Crippen molar-refractivity contribution >= 4 is 61.2 Å². The van der Waals surface area contributed by atoms with Gasteiger partial charge < -0.3 is 10.1 Å². The molecule has 1 N–H and O–H groups in total. The van der Waals surface area contributed by atoms with Gasteiger partial charge in [-0.2, -0.15) is 0 Å². The molecule has 3 fully saturated rings. The standard InChI is InChI=1S/C21H22Br2N2O5/c1-10-2-4-11(5-3-10)24-14(26)9-30-15(27)6-7-25-20(28)16-12-8-13(17(16)21(25)29)19(23)18(12)22/h2-5,12-13,16-19H,6-9H2,1H3,(H,24,26)/t12-,13-,16-,17+,18+,19+/m1/s1. The molecule has 160 valence electrons. The van der Waals surface area contributed by atoms with Gasteiger partial charge in [-0.25, -0.2) is 0 Å². The number of likely N-dealkylation sites (tertiary alicyclic amines) is 1. The molecule has 1 aromatic carbocycles. The first-order valence-corrected chi connectivity index (χ1v) is 11.8. The first-order valence-electron chi connectivity index (χ1n) is 9.93. The van der Waals surface area contributed by atoms with Crippen molar-refractivity contribution in [3.8, 4) is 0 Å². The van der Waals surface area contributed by atoms with Gasteiger partial charge in [-0.15, -0.1) is 0 Å². The van der Waals surface area contributed by atoms with Gasteiger partial charge >= 0.3 is 5.97 Å². The lowest BCUT2D eigenvalue weighted by molar-refractivity contribution is -0.149. The molecule has 30 heavy (non-hydrogen) atoms. The van der Waals surface area contributed by atoms with E-state index in [2.05, 4.69) is 37.2 Å². The number of nitrogens with zero attached hydrogens (tertiary/aromatic N) is 1. The van der Waals surface area contributed by atoms with Gasteiger partial charge in [0.25, 0.3) is 5.91 Å². The van der Waals surface area contributed by atoms with Gasteiger partial charge in [0.15, 0.2) is 6.61 Å². The summed E-state index contributed by atoms with van der Waals surface area (Å²) in [5, 5.41) is 2.64. The number of imide groups is 1. The molecule has 0 unspecified atom stereocenters. The third kappa shape index (κ3) is 3.82. The number of hydrogen-bond acceptors (Lipinski definition) is 5. The van der Waals surface area contributed by atoms with E-state index >= 15 is 0 Å². The average Bonchev–Trinajstić information content (AvgIpc) is 3.32. The number of carbonyl (C=O) groups is 4. The number of benzene rings is 1. The minimum atomic E-state index is -0.619. The summed E-state index contributed by atoms with van der Waals surface area (Å²) in [5.74, 6) is -1.75. The van der Waals surface area contributed by atoms with E-state index in [4.69, 9.17) is 4.74 Å². The first kappa shape index (κ1) is 21.5. The van der Waals surface area contributed by atoms with E-state index in [0.717, 1.165) is 12.0 Å². The van der Waals surface area contributed by atoms with Gasteiger partial charge in [-0.1, -0.05) is 49.6 Å². The Labute approximate surface area is 191 Å². The molecular weight excluding hydrogens is 520 g/mol. The molecule has 3 amide bonds. The maximum absolute atomic E-state index is 12.8. The Hall–Kier alpha value is -1.74. The van der Waals surface area contributed by atoms with Gasteiger partial charge in [-0.05, 0) is 37.3 Å². The Bertz CT molecular complexity index is 858. The van der Waals surface area contributed by atoms with Crippen LogP contribution in [0.15, 0.2) is 24.3 Å². The van der Waals surface area contributed by atoms with Gasteiger partial charge in [0.1, 0.15) is 0 Å². The number of aryl methyl sites for hydroxylation is 1. The molecule has 7 nitrogen and oxygen atoms in total. The second-order valence-corrected chi connectivity index (χ2v) is 10.3. The van der Waals surface area contributed by atoms with Crippen molar-refractivity contribution in [3.63, 3.8) is 0 Å². The van der Waals surface area contributed by atoms with Gasteiger partial charge in [-0.3, -0.25) is 24.1 Å². The SMILES string of the molecule is Cc1ccc(NC(=O)COC(=O)CCN2C(=O)[C@@H]3[C@H]4C[C@@H]([C@H](Br)[C@H]4Br)[C@@H]3C2=O)cc1. The summed E-state index contributed by atoms with van der Waals surface area (Å²) < 4.78 is 5.00. The topological polar surface area (TPSA) is 92.8 Å². The van der Waals surface area contributed by atoms with Crippen LogP contribution in [-0.2, 0) is 23.9 Å². The number of carbonyl (C=O) groups excluding carboxylic acids is 4. The van der Waals surface area contributed by atoms with Crippen LogP contribution >= 0.6 is 31.9 Å². The fraction of sp³-hybridized carbons (Fsp3) is 0.524. The number of halogens is 2. The molecule has 9 heteroatoms. The smallest absolute Gasteiger partial charge is 0.308 e. The molecule has 6 atom stereocenters. The third-order valence-electron chi connectivity index (χ3n) is 6.32. The Morgan fingerprint density at radius 2 is 1.63 bits per heavy atom. The Morgan fingerprint density at radius 3 is 2.20 bits per heavy atom. The highest BCUT2D eigenvalue weighted by Crippen LogP contribution is 2.60. The predicted molar refractivity (Wildman–Crippen MR) is 116 cm³/mol. The summed E-state index contributed by atoms with van der Waals surface area (Å²) >= 11 is 7.29. The number of alkyl halides is 2. The summed E-state index contributed by atoms with van der Waals surface area (Å²) in [7, 11) is 0. The van der Waals surface area contributed by atoms with Gasteiger partial charge in [0.05, 0.1) is 18.3 Å². The summed E-state index contributed by atoms with van der Waals surface area (Å²) in [5.41, 5.74) is 1.69. The molecule has 2 saturated carbocycles. The molecule has 2 bridgehead atoms. The van der Waals surface area contributed by atoms with Crippen molar-refractivity contribution in [2.75, 3.05) is 18.5 Å². The van der Waals surface area contributed by atoms with Crippen LogP contribution in [0.25, 0.3) is 0 Å². The highest BCUT2D eigenvalue weighted by Gasteiger charge is 2.66. The lowest BCUT2D eigenvalue weighted by Gasteiger charge is -2.28. The molecule has 2 aliphatic carbocycles. The fourth-order valence-corrected chi connectivity index (χ4v) is 6.76. The van der Waals surface area contributed by atoms with Crippen LogP contribution in [0.2, 0.25) is 0 Å². The van der Waals surface area contributed by atoms with Crippen molar-refractivity contribution in [1.82, 2.24) is 4.90 Å². The van der Waals surface area contributed by atoms with E-state index in [1.807, 2.05) is 19.1 Å². The van der Waals surface area contributed by atoms with E-state index in [0.29, 0.717) is 5.69 Å². The quantitative estimate of drug-likeness (QED) is 0.339. The summed E-state index contributed by atoms with van der Waals surface area (Å²) in [6, 6.07) is 7.25. The number of fused-ring (bicyclic) bond motifs is 5. The molecule has 0 aromatic heterocycles. The molecule has 0 spiro atoms. The summed E-state index contributed by atoms with van der Waals surface area (Å²) in [6.07, 6.45) is 0.740. The molecule has 1 aliphatic heterocycles. The van der Waals surface area contributed by atoms with Crippen LogP contribution in [0, 0.1) is 30.6 Å². The molecule has 1 heterocycles. The largest absolute Gasteiger partial charge is 0.456 e. The average molecular weight is 542 g/mol. The maximum atomic E-state index is 12.8. The van der Waals surface area contributed by atoms with Crippen LogP contribution in [0.1, 0.15) is 18.4 Å². The van der Waals surface area contributed by atoms with Gasteiger partial charge in [0, 0.05) is 21.9 Å². The molecule has 4 rings (SSSR count). The normalized spacial score (nSPS) is 31.8. The zero-order valence-electron chi connectivity index (χ0n) is 16.3. The van der Waals surface area contributed by atoms with Crippen molar-refractivity contribution in [1.29, 1.82) is 0 Å². The minimum absolute atomic E-state index is 0.0115. The van der Waals surface area contributed by atoms with Crippen molar-refractivity contribution in [3.05, 3.63) is 29.8 Å². The van der Waals surface area contributed by atoms with Crippen molar-refractivity contribution in [2.45, 2.75) is 29.4 Å². The van der Waals surface area contributed by atoms with E-state index in [-0.39, 0.29) is 58.1 Å². The number of rotatable bonds is 6. The highest BCUT2D eigenvalue weighted by molar-refractivity contribution is 9.12. The molecule has 1 aromatic rings. The van der Waals surface area contributed by atoms with Gasteiger partial charge in [0.2, 0.25) is 11.8 Å². The number of ether oxygens (including phenoxy) is 1. The van der Waals surface area contributed by atoms with Crippen molar-refractivity contribution < 1.29 is 23.9 Å². The predicted octanol–water partition coefficient (Wildman–Crippen LogP) is 2.64. The second-order valence-electron chi connectivity index (χ2n) is 8.16. The van der Waals surface area contributed by atoms with Crippen LogP contribution in [0.4, 0.5) is 5.69 Å². The van der Waals surface area contributed by atoms with Crippen LogP contribution in [0.3, 0.4) is 0 Å². The number of nitrogens with one attached hydrogen (secondary N) is 1. The zero-order chi connectivity index (χ0) is 21.6. The first-order chi connectivity index (χ1) is 14.3. The number of anilines is 1. The maximum Gasteiger partial charge on any atom is 0.308 e.